The summed E-state index contributed by atoms with van der Waals surface area (Å²) in [6.07, 6.45) is 1.57. The first-order chi connectivity index (χ1) is 19.8. The molecule has 0 spiro atoms. The van der Waals surface area contributed by atoms with Crippen LogP contribution in [0, 0.1) is 17.0 Å². The van der Waals surface area contributed by atoms with Gasteiger partial charge in [-0.3, -0.25) is 14.8 Å². The van der Waals surface area contributed by atoms with Crippen molar-refractivity contribution < 1.29 is 32.5 Å². The van der Waals surface area contributed by atoms with Crippen molar-refractivity contribution in [3.63, 3.8) is 0 Å². The number of carbonyl (C=O) groups is 1. The van der Waals surface area contributed by atoms with Crippen LogP contribution in [0.3, 0.4) is 0 Å². The Kier molecular flexibility index (Phi) is 7.82. The van der Waals surface area contributed by atoms with Gasteiger partial charge in [-0.15, -0.1) is 5.98 Å². The number of aromatic nitrogens is 1. The Morgan fingerprint density at radius 2 is 1.78 bits per heavy atom. The Balaban J connectivity index is 1.65. The number of rotatable bonds is 8. The van der Waals surface area contributed by atoms with Crippen LogP contribution in [0.2, 0.25) is 6.82 Å². The first-order valence-corrected chi connectivity index (χ1v) is 13.1. The van der Waals surface area contributed by atoms with Crippen molar-refractivity contribution >= 4 is 36.0 Å². The van der Waals surface area contributed by atoms with E-state index in [0.29, 0.717) is 65.8 Å². The van der Waals surface area contributed by atoms with Crippen LogP contribution in [-0.4, -0.2) is 51.4 Å². The summed E-state index contributed by atoms with van der Waals surface area (Å²) in [4.78, 5) is 21.1. The molecule has 0 aliphatic carbocycles. The highest BCUT2D eigenvalue weighted by Gasteiger charge is 2.37. The number of nitrogens with one attached hydrogen (secondary N) is 1. The summed E-state index contributed by atoms with van der Waals surface area (Å²) in [7, 11) is 3.19. The monoisotopic (exact) mass is 562 g/mol. The number of hydrogen-bond acceptors (Lipinski definition) is 7. The van der Waals surface area contributed by atoms with Crippen molar-refractivity contribution in [2.24, 2.45) is 0 Å². The second kappa shape index (κ2) is 11.5. The summed E-state index contributed by atoms with van der Waals surface area (Å²) >= 11 is 0. The molecular formula is C29H29BF2N4O5. The predicted molar refractivity (Wildman–Crippen MR) is 153 cm³/mol. The van der Waals surface area contributed by atoms with Gasteiger partial charge in [-0.05, 0) is 30.7 Å². The molecule has 2 amide bonds. The maximum Gasteiger partial charge on any atom is 0.329 e. The molecule has 9 nitrogen and oxygen atoms in total. The van der Waals surface area contributed by atoms with Crippen LogP contribution in [0.1, 0.15) is 23.7 Å². The number of halogens is 2. The van der Waals surface area contributed by atoms with E-state index < -0.39 is 23.4 Å². The van der Waals surface area contributed by atoms with E-state index >= 15 is 8.78 Å². The minimum atomic E-state index is -1.03. The molecule has 2 aliphatic rings. The van der Waals surface area contributed by atoms with Crippen LogP contribution in [-0.2, 0) is 13.1 Å². The van der Waals surface area contributed by atoms with E-state index in [4.69, 9.17) is 24.4 Å². The number of amides is 2. The summed E-state index contributed by atoms with van der Waals surface area (Å²) in [5, 5.41) is 8.23. The van der Waals surface area contributed by atoms with Gasteiger partial charge >= 0.3 is 6.03 Å². The summed E-state index contributed by atoms with van der Waals surface area (Å²) in [5.74, 6) is 0.457. The molecule has 0 unspecified atom stereocenters. The summed E-state index contributed by atoms with van der Waals surface area (Å²) in [5.41, 5.74) is 2.69. The van der Waals surface area contributed by atoms with Crippen molar-refractivity contribution in [2.45, 2.75) is 26.8 Å². The number of fused-ring (bicyclic) bond motifs is 2. The maximum absolute atomic E-state index is 15.6. The molecule has 0 saturated carbocycles. The topological polar surface area (TPSA) is 97.2 Å². The summed E-state index contributed by atoms with van der Waals surface area (Å²) in [6, 6.07) is 7.52. The lowest BCUT2D eigenvalue weighted by Crippen LogP contribution is -2.47. The highest BCUT2D eigenvalue weighted by Crippen LogP contribution is 2.42. The molecule has 2 aliphatic heterocycles. The third-order valence-electron chi connectivity index (χ3n) is 6.90. The number of benzene rings is 2. The molecule has 41 heavy (non-hydrogen) atoms. The fraction of sp³-hybridized carbons (Fsp3) is 0.276. The zero-order chi connectivity index (χ0) is 29.3. The zero-order valence-corrected chi connectivity index (χ0v) is 23.2. The van der Waals surface area contributed by atoms with E-state index in [9.17, 15) is 4.79 Å². The second-order valence-electron chi connectivity index (χ2n) is 9.54. The number of allylic oxidation sites excluding steroid dienone is 1. The van der Waals surface area contributed by atoms with Crippen LogP contribution in [0.4, 0.5) is 25.0 Å². The Hall–Kier alpha value is -4.61. The van der Waals surface area contributed by atoms with Gasteiger partial charge in [0.2, 0.25) is 0 Å². The predicted octanol–water partition coefficient (Wildman–Crippen LogP) is 5.16. The molecule has 0 fully saturated rings. The van der Waals surface area contributed by atoms with Crippen LogP contribution < -0.4 is 28.7 Å². The highest BCUT2D eigenvalue weighted by atomic mass is 19.1. The quantitative estimate of drug-likeness (QED) is 0.301. The molecule has 212 valence electrons. The molecule has 3 heterocycles. The first-order valence-electron chi connectivity index (χ1n) is 13.1. The molecule has 1 N–H and O–H groups in total. The van der Waals surface area contributed by atoms with Crippen LogP contribution in [0.5, 0.6) is 23.0 Å². The smallest absolute Gasteiger partial charge is 0.329 e. The van der Waals surface area contributed by atoms with E-state index in [1.165, 1.54) is 19.1 Å². The number of methoxy groups -OCH3 is 2. The molecular weight excluding hydrogens is 533 g/mol. The molecule has 12 heteroatoms. The van der Waals surface area contributed by atoms with Crippen molar-refractivity contribution in [3.05, 3.63) is 71.0 Å². The van der Waals surface area contributed by atoms with Crippen LogP contribution in [0.25, 0.3) is 5.57 Å². The third kappa shape index (κ3) is 5.17. The number of hydrogen-bond donors (Lipinski definition) is 1. The fourth-order valence-electron chi connectivity index (χ4n) is 4.94. The van der Waals surface area contributed by atoms with E-state index in [1.54, 1.807) is 37.4 Å². The van der Waals surface area contributed by atoms with Crippen LogP contribution in [0.15, 0.2) is 42.5 Å². The summed E-state index contributed by atoms with van der Waals surface area (Å²) in [6.45, 7) is 4.38. The molecule has 2 aromatic carbocycles. The van der Waals surface area contributed by atoms with Gasteiger partial charge in [-0.25, -0.2) is 13.6 Å². The lowest BCUT2D eigenvalue weighted by molar-refractivity contribution is 0.171. The molecule has 5 rings (SSSR count). The number of nitrogens with zero attached hydrogens (tertiary/aromatic N) is 3. The maximum atomic E-state index is 15.6. The molecule has 3 aromatic rings. The van der Waals surface area contributed by atoms with Gasteiger partial charge in [0.25, 0.3) is 0 Å². The largest absolute Gasteiger partial charge is 0.493 e. The summed E-state index contributed by atoms with van der Waals surface area (Å²) < 4.78 is 52.7. The zero-order valence-electron chi connectivity index (χ0n) is 23.2. The minimum Gasteiger partial charge on any atom is -0.493 e. The normalized spacial score (nSPS) is 14.5. The molecule has 0 bridgehead atoms. The van der Waals surface area contributed by atoms with Crippen molar-refractivity contribution in [3.8, 4) is 23.0 Å². The van der Waals surface area contributed by atoms with Gasteiger partial charge in [0, 0.05) is 29.1 Å². The number of carbonyl (C=O) groups excluding carboxylic acids is 1. The average Bonchev–Trinajstić information content (AvgIpc) is 2.97. The fourth-order valence-corrected chi connectivity index (χ4v) is 4.94. The van der Waals surface area contributed by atoms with E-state index in [1.807, 2.05) is 12.8 Å². The van der Waals surface area contributed by atoms with Crippen molar-refractivity contribution in [1.29, 1.82) is 5.41 Å². The number of pyridine rings is 1. The Morgan fingerprint density at radius 3 is 2.41 bits per heavy atom. The third-order valence-corrected chi connectivity index (χ3v) is 6.90. The SMILES string of the molecule is CB/C=C(\C(C)=N)c1cc2c(cn1)CN(c1c(F)c(OC)cc(OC)c1F)C(=O)N2Cc1ccc2c(c1)OCCO2. The van der Waals surface area contributed by atoms with E-state index in [2.05, 4.69) is 4.98 Å². The van der Waals surface area contributed by atoms with Crippen molar-refractivity contribution in [1.82, 2.24) is 4.98 Å². The lowest BCUT2D eigenvalue weighted by Gasteiger charge is -2.37. The van der Waals surface area contributed by atoms with Gasteiger partial charge in [-0.2, -0.15) is 0 Å². The molecule has 0 saturated heterocycles. The molecule has 0 radical (unpaired) electrons. The Bertz CT molecular complexity index is 1540. The number of anilines is 2. The van der Waals surface area contributed by atoms with E-state index in [-0.39, 0.29) is 24.6 Å². The lowest BCUT2D eigenvalue weighted by atomic mass is 9.79. The molecule has 0 atom stereocenters. The number of ether oxygens (including phenoxy) is 4. The second-order valence-corrected chi connectivity index (χ2v) is 9.54. The van der Waals surface area contributed by atoms with E-state index in [0.717, 1.165) is 11.0 Å². The highest BCUT2D eigenvalue weighted by molar-refractivity contribution is 6.45. The minimum absolute atomic E-state index is 0.0587. The van der Waals surface area contributed by atoms with Crippen molar-refractivity contribution in [2.75, 3.05) is 37.2 Å². The van der Waals surface area contributed by atoms with Gasteiger partial charge in [0.15, 0.2) is 34.6 Å². The van der Waals surface area contributed by atoms with Gasteiger partial charge in [0.1, 0.15) is 26.2 Å². The average molecular weight is 562 g/mol. The molecule has 1 aromatic heterocycles. The number of urea groups is 1. The van der Waals surface area contributed by atoms with Gasteiger partial charge in [0.05, 0.1) is 38.7 Å². The Labute approximate surface area is 237 Å². The van der Waals surface area contributed by atoms with Gasteiger partial charge in [-0.1, -0.05) is 12.9 Å². The standard InChI is InChI=1S/C29H29BF2N4O5/c1-16(33)19(12-30-2)20-10-21-18(13-34-20)15-36(28-26(31)24(38-3)11-25(39-4)27(28)32)29(37)35(21)14-17-5-6-22-23(9-17)41-8-7-40-22/h5-6,9-13,30,33H,7-8,14-15H2,1-4H3/b19-12+,33-16?. The Morgan fingerprint density at radius 1 is 1.10 bits per heavy atom. The van der Waals surface area contributed by atoms with Gasteiger partial charge < -0.3 is 24.4 Å². The van der Waals surface area contributed by atoms with Crippen LogP contribution >= 0.6 is 0 Å². The first kappa shape index (κ1) is 27.9.